The third kappa shape index (κ3) is 2.17. The Morgan fingerprint density at radius 2 is 1.32 bits per heavy atom. The highest BCUT2D eigenvalue weighted by molar-refractivity contribution is 6.11. The van der Waals surface area contributed by atoms with Crippen LogP contribution in [0.5, 0.6) is 0 Å². The number of para-hydroxylation sites is 1. The molecule has 5 aromatic rings. The van der Waals surface area contributed by atoms with Gasteiger partial charge in [0.05, 0.1) is 11.2 Å². The molecule has 0 spiro atoms. The van der Waals surface area contributed by atoms with Gasteiger partial charge >= 0.3 is 0 Å². The van der Waals surface area contributed by atoms with Gasteiger partial charge in [-0.25, -0.2) is 4.98 Å². The molecule has 0 aliphatic carbocycles. The van der Waals surface area contributed by atoms with Crippen molar-refractivity contribution < 1.29 is 0 Å². The molecule has 0 fully saturated rings. The second kappa shape index (κ2) is 5.49. The lowest BCUT2D eigenvalue weighted by Crippen LogP contribution is -1.93. The zero-order valence-electron chi connectivity index (χ0n) is 13.2. The van der Waals surface area contributed by atoms with Crippen LogP contribution in [0, 0.1) is 0 Å². The monoisotopic (exact) mass is 323 g/mol. The lowest BCUT2D eigenvalue weighted by Gasteiger charge is -2.12. The van der Waals surface area contributed by atoms with E-state index in [4.69, 9.17) is 4.98 Å². The third-order valence-electron chi connectivity index (χ3n) is 4.38. The molecule has 0 atom stereocenters. The number of pyridine rings is 1. The van der Waals surface area contributed by atoms with E-state index in [1.807, 2.05) is 42.5 Å². The quantitative estimate of drug-likeness (QED) is 0.494. The Balaban J connectivity index is 1.91. The topological polar surface area (TPSA) is 67.3 Å². The number of aromatic nitrogens is 5. The summed E-state index contributed by atoms with van der Waals surface area (Å²) in [7, 11) is 0. The molecule has 3 aromatic carbocycles. The van der Waals surface area contributed by atoms with Gasteiger partial charge in [-0.3, -0.25) is 0 Å². The Hall–Kier alpha value is -3.60. The van der Waals surface area contributed by atoms with E-state index < -0.39 is 0 Å². The molecule has 0 bridgehead atoms. The van der Waals surface area contributed by atoms with E-state index in [0.717, 1.165) is 33.1 Å². The minimum absolute atomic E-state index is 0.564. The zero-order chi connectivity index (χ0) is 16.6. The van der Waals surface area contributed by atoms with Gasteiger partial charge in [0, 0.05) is 21.9 Å². The fourth-order valence-electron chi connectivity index (χ4n) is 3.27. The highest BCUT2D eigenvalue weighted by Gasteiger charge is 2.15. The van der Waals surface area contributed by atoms with Crippen molar-refractivity contribution in [1.82, 2.24) is 25.6 Å². The summed E-state index contributed by atoms with van der Waals surface area (Å²) in [6.45, 7) is 0. The number of benzene rings is 3. The minimum atomic E-state index is 0.564. The van der Waals surface area contributed by atoms with Crippen LogP contribution in [0.4, 0.5) is 0 Å². The average Bonchev–Trinajstić information content (AvgIpc) is 3.22. The van der Waals surface area contributed by atoms with Crippen LogP contribution < -0.4 is 0 Å². The van der Waals surface area contributed by atoms with Gasteiger partial charge in [-0.1, -0.05) is 66.7 Å². The van der Waals surface area contributed by atoms with E-state index in [1.54, 1.807) is 0 Å². The summed E-state index contributed by atoms with van der Waals surface area (Å²) in [5.74, 6) is 0.564. The maximum Gasteiger partial charge on any atom is 0.205 e. The van der Waals surface area contributed by atoms with Crippen LogP contribution in [0.15, 0.2) is 72.8 Å². The van der Waals surface area contributed by atoms with Crippen LogP contribution in [0.2, 0.25) is 0 Å². The standard InChI is InChI=1S/C20H13N5/c1-2-9-15-13(7-1)14-8-5-6-12-18(14)21-19(15)16-10-3-4-11-17(16)20-22-24-25-23-20/h1-12H,(H,22,23,24,25). The smallest absolute Gasteiger partial charge is 0.205 e. The number of tetrazole rings is 1. The highest BCUT2D eigenvalue weighted by Crippen LogP contribution is 2.36. The second-order valence-electron chi connectivity index (χ2n) is 5.80. The molecule has 25 heavy (non-hydrogen) atoms. The molecule has 0 saturated carbocycles. The van der Waals surface area contributed by atoms with Gasteiger partial charge in [-0.15, -0.1) is 10.2 Å². The molecule has 0 unspecified atom stereocenters. The van der Waals surface area contributed by atoms with Crippen molar-refractivity contribution in [2.45, 2.75) is 0 Å². The van der Waals surface area contributed by atoms with Crippen molar-refractivity contribution in [2.24, 2.45) is 0 Å². The van der Waals surface area contributed by atoms with Crippen LogP contribution in [0.25, 0.3) is 44.3 Å². The summed E-state index contributed by atoms with van der Waals surface area (Å²) in [5, 5.41) is 17.9. The molecular weight excluding hydrogens is 310 g/mol. The van der Waals surface area contributed by atoms with Gasteiger partial charge < -0.3 is 0 Å². The summed E-state index contributed by atoms with van der Waals surface area (Å²) in [5.41, 5.74) is 3.80. The number of nitrogens with zero attached hydrogens (tertiary/aromatic N) is 4. The maximum absolute atomic E-state index is 4.96. The molecule has 5 rings (SSSR count). The largest absolute Gasteiger partial charge is 0.247 e. The number of nitrogens with one attached hydrogen (secondary N) is 1. The predicted molar refractivity (Wildman–Crippen MR) is 97.9 cm³/mol. The van der Waals surface area contributed by atoms with Gasteiger partial charge in [0.2, 0.25) is 5.82 Å². The number of rotatable bonds is 2. The second-order valence-corrected chi connectivity index (χ2v) is 5.80. The Morgan fingerprint density at radius 3 is 2.12 bits per heavy atom. The SMILES string of the molecule is c1ccc(-c2nc3ccccc3c3ccccc23)c(-c2nn[nH]n2)c1. The van der Waals surface area contributed by atoms with Gasteiger partial charge in [-0.2, -0.15) is 5.21 Å². The van der Waals surface area contributed by atoms with Crippen molar-refractivity contribution in [3.8, 4) is 22.6 Å². The average molecular weight is 323 g/mol. The summed E-state index contributed by atoms with van der Waals surface area (Å²) < 4.78 is 0. The predicted octanol–water partition coefficient (Wildman–Crippen LogP) is 4.24. The van der Waals surface area contributed by atoms with Crippen LogP contribution >= 0.6 is 0 Å². The summed E-state index contributed by atoms with van der Waals surface area (Å²) >= 11 is 0. The lowest BCUT2D eigenvalue weighted by molar-refractivity contribution is 0.881. The van der Waals surface area contributed by atoms with E-state index in [0.29, 0.717) is 5.82 Å². The molecule has 5 nitrogen and oxygen atoms in total. The summed E-state index contributed by atoms with van der Waals surface area (Å²) in [6.07, 6.45) is 0. The maximum atomic E-state index is 4.96. The van der Waals surface area contributed by atoms with Crippen LogP contribution in [0.1, 0.15) is 0 Å². The normalized spacial score (nSPS) is 11.2. The number of fused-ring (bicyclic) bond motifs is 3. The van der Waals surface area contributed by atoms with E-state index in [9.17, 15) is 0 Å². The molecule has 5 heteroatoms. The van der Waals surface area contributed by atoms with E-state index in [-0.39, 0.29) is 0 Å². The molecule has 0 aliphatic heterocycles. The first-order valence-corrected chi connectivity index (χ1v) is 8.02. The van der Waals surface area contributed by atoms with Gasteiger partial charge in [0.1, 0.15) is 0 Å². The highest BCUT2D eigenvalue weighted by atomic mass is 15.5. The molecule has 0 aliphatic rings. The molecule has 2 aromatic heterocycles. The van der Waals surface area contributed by atoms with Crippen molar-refractivity contribution in [3.63, 3.8) is 0 Å². The molecule has 1 N–H and O–H groups in total. The molecule has 0 amide bonds. The lowest BCUT2D eigenvalue weighted by atomic mass is 9.97. The fraction of sp³-hybridized carbons (Fsp3) is 0. The minimum Gasteiger partial charge on any atom is -0.247 e. The van der Waals surface area contributed by atoms with Gasteiger partial charge in [0.15, 0.2) is 0 Å². The van der Waals surface area contributed by atoms with Crippen molar-refractivity contribution in [1.29, 1.82) is 0 Å². The van der Waals surface area contributed by atoms with Crippen LogP contribution in [0.3, 0.4) is 0 Å². The molecule has 2 heterocycles. The molecule has 118 valence electrons. The zero-order valence-corrected chi connectivity index (χ0v) is 13.2. The first kappa shape index (κ1) is 13.8. The van der Waals surface area contributed by atoms with E-state index in [1.165, 1.54) is 5.39 Å². The number of H-pyrrole nitrogens is 1. The summed E-state index contributed by atoms with van der Waals surface area (Å²) in [4.78, 5) is 4.96. The fourth-order valence-corrected chi connectivity index (χ4v) is 3.27. The number of aromatic amines is 1. The number of hydrogen-bond donors (Lipinski definition) is 1. The molecular formula is C20H13N5. The Kier molecular flexibility index (Phi) is 3.03. The van der Waals surface area contributed by atoms with Gasteiger partial charge in [-0.05, 0) is 16.7 Å². The first-order chi connectivity index (χ1) is 12.4. The first-order valence-electron chi connectivity index (χ1n) is 8.02. The van der Waals surface area contributed by atoms with Crippen molar-refractivity contribution in [2.75, 3.05) is 0 Å². The van der Waals surface area contributed by atoms with E-state index in [2.05, 4.69) is 51.0 Å². The van der Waals surface area contributed by atoms with Gasteiger partial charge in [0.25, 0.3) is 0 Å². The summed E-state index contributed by atoms with van der Waals surface area (Å²) in [6, 6.07) is 24.6. The van der Waals surface area contributed by atoms with Crippen molar-refractivity contribution in [3.05, 3.63) is 72.8 Å². The molecule has 0 radical (unpaired) electrons. The van der Waals surface area contributed by atoms with E-state index >= 15 is 0 Å². The third-order valence-corrected chi connectivity index (χ3v) is 4.38. The molecule has 0 saturated heterocycles. The number of hydrogen-bond acceptors (Lipinski definition) is 4. The van der Waals surface area contributed by atoms with Crippen LogP contribution in [-0.4, -0.2) is 25.6 Å². The Morgan fingerprint density at radius 1 is 0.640 bits per heavy atom. The Labute approximate surface area is 143 Å². The van der Waals surface area contributed by atoms with Crippen molar-refractivity contribution >= 4 is 21.7 Å². The van der Waals surface area contributed by atoms with Crippen LogP contribution in [-0.2, 0) is 0 Å². The Bertz CT molecular complexity index is 1200.